The van der Waals surface area contributed by atoms with Gasteiger partial charge in [-0.3, -0.25) is 4.79 Å². The molecule has 0 saturated heterocycles. The van der Waals surface area contributed by atoms with Crippen molar-refractivity contribution in [1.82, 2.24) is 9.62 Å². The number of benzene rings is 3. The summed E-state index contributed by atoms with van der Waals surface area (Å²) in [5, 5.41) is 3.70. The van der Waals surface area contributed by atoms with Gasteiger partial charge < -0.3 is 5.32 Å². The van der Waals surface area contributed by atoms with Crippen LogP contribution in [0.15, 0.2) is 65.6 Å². The minimum absolute atomic E-state index is 0.0745. The van der Waals surface area contributed by atoms with Gasteiger partial charge in [-0.15, -0.1) is 0 Å². The van der Waals surface area contributed by atoms with Crippen molar-refractivity contribution in [1.29, 1.82) is 0 Å². The highest BCUT2D eigenvalue weighted by Gasteiger charge is 2.30. The number of hydrogen-bond acceptors (Lipinski definition) is 3. The minimum atomic E-state index is -3.94. The van der Waals surface area contributed by atoms with Crippen LogP contribution >= 0.6 is 23.2 Å². The highest BCUT2D eigenvalue weighted by molar-refractivity contribution is 7.89. The van der Waals surface area contributed by atoms with Crippen LogP contribution in [0.5, 0.6) is 0 Å². The van der Waals surface area contributed by atoms with E-state index in [1.165, 1.54) is 4.31 Å². The van der Waals surface area contributed by atoms with E-state index in [4.69, 9.17) is 23.2 Å². The van der Waals surface area contributed by atoms with Gasteiger partial charge in [-0.05, 0) is 55.2 Å². The molecule has 0 radical (unpaired) electrons. The molecule has 0 aliphatic heterocycles. The summed E-state index contributed by atoms with van der Waals surface area (Å²) in [4.78, 5) is 13.0. The van der Waals surface area contributed by atoms with Crippen molar-refractivity contribution < 1.29 is 13.2 Å². The van der Waals surface area contributed by atoms with Gasteiger partial charge in [0.1, 0.15) is 0 Å². The van der Waals surface area contributed by atoms with E-state index in [1.54, 1.807) is 32.0 Å². The van der Waals surface area contributed by atoms with Crippen molar-refractivity contribution in [2.45, 2.75) is 38.8 Å². The number of aryl methyl sites for hydroxylation is 3. The normalized spacial score (nSPS) is 11.6. The molecule has 0 atom stereocenters. The number of hydrogen-bond donors (Lipinski definition) is 1. The van der Waals surface area contributed by atoms with Gasteiger partial charge in [0, 0.05) is 23.1 Å². The lowest BCUT2D eigenvalue weighted by atomic mass is 10.1. The van der Waals surface area contributed by atoms with E-state index in [0.29, 0.717) is 26.7 Å². The average molecular weight is 505 g/mol. The molecular formula is C25H26Cl2N2O3S. The summed E-state index contributed by atoms with van der Waals surface area (Å²) in [5.41, 5.74) is 3.77. The lowest BCUT2D eigenvalue weighted by Crippen LogP contribution is -2.40. The Kier molecular flexibility index (Phi) is 8.19. The van der Waals surface area contributed by atoms with Crippen LogP contribution in [0, 0.1) is 20.8 Å². The maximum absolute atomic E-state index is 13.7. The Morgan fingerprint density at radius 1 is 0.939 bits per heavy atom. The van der Waals surface area contributed by atoms with E-state index in [1.807, 2.05) is 49.4 Å². The zero-order valence-corrected chi connectivity index (χ0v) is 21.1. The Hall–Kier alpha value is -2.38. The molecule has 0 fully saturated rings. The van der Waals surface area contributed by atoms with Crippen LogP contribution in [0.25, 0.3) is 0 Å². The topological polar surface area (TPSA) is 66.5 Å². The van der Waals surface area contributed by atoms with Gasteiger partial charge in [0.2, 0.25) is 15.9 Å². The molecule has 3 aromatic rings. The molecule has 1 amide bonds. The lowest BCUT2D eigenvalue weighted by molar-refractivity contribution is -0.121. The van der Waals surface area contributed by atoms with Crippen LogP contribution in [0.2, 0.25) is 10.0 Å². The SMILES string of the molecule is Cc1cc(C)c(S(=O)(=O)N(CC(=O)NCc2ccc(Cl)cc2Cl)Cc2ccccc2)c(C)c1. The number of carbonyl (C=O) groups is 1. The number of rotatable bonds is 8. The second-order valence-electron chi connectivity index (χ2n) is 8.00. The van der Waals surface area contributed by atoms with Gasteiger partial charge in [0.05, 0.1) is 11.4 Å². The summed E-state index contributed by atoms with van der Waals surface area (Å²) in [7, 11) is -3.94. The second-order valence-corrected chi connectivity index (χ2v) is 10.7. The van der Waals surface area contributed by atoms with Crippen LogP contribution in [0.1, 0.15) is 27.8 Å². The molecule has 0 unspecified atom stereocenters. The molecule has 33 heavy (non-hydrogen) atoms. The highest BCUT2D eigenvalue weighted by atomic mass is 35.5. The van der Waals surface area contributed by atoms with Crippen LogP contribution < -0.4 is 5.32 Å². The number of halogens is 2. The van der Waals surface area contributed by atoms with E-state index in [2.05, 4.69) is 5.32 Å². The molecule has 0 aliphatic carbocycles. The third-order valence-corrected chi connectivity index (χ3v) is 7.90. The van der Waals surface area contributed by atoms with E-state index in [-0.39, 0.29) is 24.5 Å². The first-order valence-electron chi connectivity index (χ1n) is 10.4. The predicted octanol–water partition coefficient (Wildman–Crippen LogP) is 5.43. The second kappa shape index (κ2) is 10.7. The van der Waals surface area contributed by atoms with Crippen LogP contribution in [0.4, 0.5) is 0 Å². The molecule has 0 saturated carbocycles. The number of carbonyl (C=O) groups excluding carboxylic acids is 1. The Morgan fingerprint density at radius 2 is 1.58 bits per heavy atom. The van der Waals surface area contributed by atoms with Crippen molar-refractivity contribution in [2.24, 2.45) is 0 Å². The maximum atomic E-state index is 13.7. The molecule has 3 rings (SSSR count). The van der Waals surface area contributed by atoms with E-state index < -0.39 is 15.9 Å². The van der Waals surface area contributed by atoms with Crippen LogP contribution in [0.3, 0.4) is 0 Å². The van der Waals surface area contributed by atoms with Gasteiger partial charge in [-0.2, -0.15) is 4.31 Å². The Balaban J connectivity index is 1.87. The number of amides is 1. The molecule has 0 bridgehead atoms. The summed E-state index contributed by atoms with van der Waals surface area (Å²) in [6.07, 6.45) is 0. The number of nitrogens with zero attached hydrogens (tertiary/aromatic N) is 1. The summed E-state index contributed by atoms with van der Waals surface area (Å²) in [6, 6.07) is 17.9. The van der Waals surface area contributed by atoms with Gasteiger partial charge >= 0.3 is 0 Å². The average Bonchev–Trinajstić information content (AvgIpc) is 2.72. The molecule has 3 aromatic carbocycles. The van der Waals surface area contributed by atoms with Crippen LogP contribution in [-0.2, 0) is 27.9 Å². The van der Waals surface area contributed by atoms with E-state index in [0.717, 1.165) is 11.1 Å². The van der Waals surface area contributed by atoms with Gasteiger partial charge in [-0.1, -0.05) is 77.3 Å². The monoisotopic (exact) mass is 504 g/mol. The number of sulfonamides is 1. The standard InChI is InChI=1S/C25H26Cl2N2O3S/c1-17-11-18(2)25(19(3)12-17)33(31,32)29(15-20-7-5-4-6-8-20)16-24(30)28-14-21-9-10-22(26)13-23(21)27/h4-13H,14-16H2,1-3H3,(H,28,30). The zero-order valence-electron chi connectivity index (χ0n) is 18.7. The molecule has 0 spiro atoms. The minimum Gasteiger partial charge on any atom is -0.351 e. The molecule has 5 nitrogen and oxygen atoms in total. The van der Waals surface area contributed by atoms with E-state index >= 15 is 0 Å². The fourth-order valence-corrected chi connectivity index (χ4v) is 6.06. The molecule has 0 aromatic heterocycles. The van der Waals surface area contributed by atoms with Gasteiger partial charge in [0.15, 0.2) is 0 Å². The third kappa shape index (κ3) is 6.36. The lowest BCUT2D eigenvalue weighted by Gasteiger charge is -2.24. The largest absolute Gasteiger partial charge is 0.351 e. The first-order chi connectivity index (χ1) is 15.6. The van der Waals surface area contributed by atoms with E-state index in [9.17, 15) is 13.2 Å². The van der Waals surface area contributed by atoms with Gasteiger partial charge in [0.25, 0.3) is 0 Å². The van der Waals surface area contributed by atoms with Crippen molar-refractivity contribution >= 4 is 39.1 Å². The fraction of sp³-hybridized carbons (Fsp3) is 0.240. The smallest absolute Gasteiger partial charge is 0.244 e. The quantitative estimate of drug-likeness (QED) is 0.444. The third-order valence-electron chi connectivity index (χ3n) is 5.22. The zero-order chi connectivity index (χ0) is 24.2. The number of nitrogens with one attached hydrogen (secondary N) is 1. The first-order valence-corrected chi connectivity index (χ1v) is 12.6. The van der Waals surface area contributed by atoms with Crippen molar-refractivity contribution in [3.8, 4) is 0 Å². The fourth-order valence-electron chi connectivity index (χ4n) is 3.79. The first kappa shape index (κ1) is 25.2. The maximum Gasteiger partial charge on any atom is 0.244 e. The molecule has 174 valence electrons. The highest BCUT2D eigenvalue weighted by Crippen LogP contribution is 2.26. The molecular weight excluding hydrogens is 479 g/mol. The van der Waals surface area contributed by atoms with Crippen molar-refractivity contribution in [2.75, 3.05) is 6.54 Å². The van der Waals surface area contributed by atoms with Crippen molar-refractivity contribution in [3.63, 3.8) is 0 Å². The summed E-state index contributed by atoms with van der Waals surface area (Å²) in [6.45, 7) is 5.39. The Labute approximate surface area is 205 Å². The predicted molar refractivity (Wildman–Crippen MR) is 133 cm³/mol. The summed E-state index contributed by atoms with van der Waals surface area (Å²) < 4.78 is 28.6. The Bertz CT molecular complexity index is 1240. The summed E-state index contributed by atoms with van der Waals surface area (Å²) in [5.74, 6) is -0.428. The molecule has 0 heterocycles. The Morgan fingerprint density at radius 3 is 2.18 bits per heavy atom. The summed E-state index contributed by atoms with van der Waals surface area (Å²) >= 11 is 12.1. The molecule has 1 N–H and O–H groups in total. The van der Waals surface area contributed by atoms with Gasteiger partial charge in [-0.25, -0.2) is 8.42 Å². The van der Waals surface area contributed by atoms with Crippen molar-refractivity contribution in [3.05, 3.63) is 98.5 Å². The molecule has 8 heteroatoms. The molecule has 0 aliphatic rings. The van der Waals surface area contributed by atoms with Crippen LogP contribution in [-0.4, -0.2) is 25.2 Å².